The molecule has 2 aromatic carbocycles. The lowest BCUT2D eigenvalue weighted by Crippen LogP contribution is -2.50. The first-order chi connectivity index (χ1) is 13.9. The summed E-state index contributed by atoms with van der Waals surface area (Å²) in [6, 6.07) is 6.66. The van der Waals surface area contributed by atoms with Crippen LogP contribution in [0.3, 0.4) is 0 Å². The molecule has 0 aliphatic heterocycles. The number of halogens is 6. The van der Waals surface area contributed by atoms with Gasteiger partial charge in [-0.2, -0.15) is 26.3 Å². The van der Waals surface area contributed by atoms with Crippen molar-refractivity contribution in [3.63, 3.8) is 0 Å². The van der Waals surface area contributed by atoms with E-state index >= 15 is 0 Å². The second-order valence-electron chi connectivity index (χ2n) is 7.11. The van der Waals surface area contributed by atoms with Crippen molar-refractivity contribution in [3.8, 4) is 5.75 Å². The largest absolute Gasteiger partial charge is 0.490 e. The smallest absolute Gasteiger partial charge is 0.416 e. The van der Waals surface area contributed by atoms with E-state index in [9.17, 15) is 31.1 Å². The molecule has 1 aliphatic rings. The molecule has 162 valence electrons. The van der Waals surface area contributed by atoms with Gasteiger partial charge in [0.25, 0.3) is 0 Å². The number of benzene rings is 2. The van der Waals surface area contributed by atoms with E-state index in [0.29, 0.717) is 18.4 Å². The Balaban J connectivity index is 1.47. The van der Waals surface area contributed by atoms with E-state index in [4.69, 9.17) is 4.74 Å². The summed E-state index contributed by atoms with van der Waals surface area (Å²) in [7, 11) is 0. The minimum atomic E-state index is -4.52. The Morgan fingerprint density at radius 3 is 2.10 bits per heavy atom. The molecule has 3 rings (SSSR count). The first-order valence-corrected chi connectivity index (χ1v) is 9.00. The van der Waals surface area contributed by atoms with E-state index in [-0.39, 0.29) is 23.6 Å². The molecule has 0 spiro atoms. The average molecular weight is 432 g/mol. The molecule has 2 N–H and O–H groups in total. The maximum atomic E-state index is 12.9. The van der Waals surface area contributed by atoms with Crippen molar-refractivity contribution < 1.29 is 35.9 Å². The Hall–Kier alpha value is -2.91. The molecule has 1 aliphatic carbocycles. The Kier molecular flexibility index (Phi) is 5.87. The number of amides is 2. The Morgan fingerprint density at radius 1 is 0.933 bits per heavy atom. The highest BCUT2D eigenvalue weighted by atomic mass is 19.4. The van der Waals surface area contributed by atoms with Gasteiger partial charge in [0.1, 0.15) is 11.9 Å². The van der Waals surface area contributed by atoms with Crippen LogP contribution in [0.15, 0.2) is 42.5 Å². The van der Waals surface area contributed by atoms with Gasteiger partial charge >= 0.3 is 18.4 Å². The summed E-state index contributed by atoms with van der Waals surface area (Å²) in [5, 5.41) is 5.01. The fourth-order valence-corrected chi connectivity index (χ4v) is 3.07. The topological polar surface area (TPSA) is 50.4 Å². The van der Waals surface area contributed by atoms with E-state index in [1.165, 1.54) is 25.1 Å². The van der Waals surface area contributed by atoms with Gasteiger partial charge in [-0.3, -0.25) is 0 Å². The van der Waals surface area contributed by atoms with E-state index in [0.717, 1.165) is 24.3 Å². The van der Waals surface area contributed by atoms with Crippen molar-refractivity contribution in [2.45, 2.75) is 44.3 Å². The molecule has 30 heavy (non-hydrogen) atoms. The lowest BCUT2D eigenvalue weighted by Gasteiger charge is -2.35. The van der Waals surface area contributed by atoms with E-state index < -0.39 is 29.5 Å². The molecule has 0 aromatic heterocycles. The maximum Gasteiger partial charge on any atom is 0.416 e. The van der Waals surface area contributed by atoms with Crippen LogP contribution in [0, 0.1) is 6.92 Å². The molecule has 2 amide bonds. The number of aryl methyl sites for hydroxylation is 1. The van der Waals surface area contributed by atoms with E-state index in [1.54, 1.807) is 0 Å². The van der Waals surface area contributed by atoms with Gasteiger partial charge < -0.3 is 15.4 Å². The third kappa shape index (κ3) is 5.58. The van der Waals surface area contributed by atoms with Crippen molar-refractivity contribution in [2.75, 3.05) is 5.32 Å². The zero-order valence-corrected chi connectivity index (χ0v) is 15.7. The average Bonchev–Trinajstić information content (AvgIpc) is 2.58. The van der Waals surface area contributed by atoms with Crippen LogP contribution < -0.4 is 15.4 Å². The summed E-state index contributed by atoms with van der Waals surface area (Å²) < 4.78 is 81.8. The van der Waals surface area contributed by atoms with Gasteiger partial charge in [-0.1, -0.05) is 0 Å². The summed E-state index contributed by atoms with van der Waals surface area (Å²) in [6.45, 7) is 1.49. The summed E-state index contributed by atoms with van der Waals surface area (Å²) in [4.78, 5) is 12.0. The lowest BCUT2D eigenvalue weighted by molar-refractivity contribution is -0.138. The minimum absolute atomic E-state index is 0.0247. The van der Waals surface area contributed by atoms with Crippen molar-refractivity contribution in [1.29, 1.82) is 0 Å². The molecule has 1 saturated carbocycles. The number of rotatable bonds is 4. The van der Waals surface area contributed by atoms with Crippen molar-refractivity contribution in [1.82, 2.24) is 5.32 Å². The van der Waals surface area contributed by atoms with Gasteiger partial charge in [0.2, 0.25) is 0 Å². The molecule has 0 unspecified atom stereocenters. The number of carbonyl (C=O) groups excluding carboxylic acids is 1. The molecule has 4 nitrogen and oxygen atoms in total. The normalized spacial score (nSPS) is 19.0. The molecular weight excluding hydrogens is 414 g/mol. The van der Waals surface area contributed by atoms with E-state index in [1.807, 2.05) is 0 Å². The van der Waals surface area contributed by atoms with Crippen molar-refractivity contribution in [2.24, 2.45) is 0 Å². The third-order valence-electron chi connectivity index (χ3n) is 4.58. The monoisotopic (exact) mass is 432 g/mol. The zero-order valence-electron chi connectivity index (χ0n) is 15.7. The van der Waals surface area contributed by atoms with Crippen LogP contribution in [0.5, 0.6) is 5.75 Å². The number of anilines is 1. The highest BCUT2D eigenvalue weighted by molar-refractivity contribution is 5.89. The molecule has 10 heteroatoms. The van der Waals surface area contributed by atoms with Gasteiger partial charge in [-0.25, -0.2) is 4.79 Å². The molecule has 2 aromatic rings. The molecule has 1 fully saturated rings. The fraction of sp³-hybridized carbons (Fsp3) is 0.350. The Bertz CT molecular complexity index is 903. The van der Waals surface area contributed by atoms with Crippen LogP contribution in [-0.4, -0.2) is 18.2 Å². The number of hydrogen-bond acceptors (Lipinski definition) is 2. The second kappa shape index (κ2) is 8.08. The molecule has 0 radical (unpaired) electrons. The number of alkyl halides is 6. The lowest BCUT2D eigenvalue weighted by atomic mass is 9.89. The first kappa shape index (κ1) is 21.8. The van der Waals surface area contributed by atoms with Gasteiger partial charge in [0.05, 0.1) is 11.1 Å². The Labute approximate surface area is 168 Å². The van der Waals surface area contributed by atoms with Gasteiger partial charge in [-0.15, -0.1) is 0 Å². The standard InChI is InChI=1S/C20H18F6N2O2/c1-11-6-13(20(24,25)26)8-14(7-11)27-18(29)28-15-9-17(10-15)30-16-4-2-12(3-5-16)19(21,22)23/h2-8,15,17H,9-10H2,1H3,(H2,27,28,29). The van der Waals surface area contributed by atoms with Crippen LogP contribution >= 0.6 is 0 Å². The van der Waals surface area contributed by atoms with Gasteiger partial charge in [0.15, 0.2) is 0 Å². The molecular formula is C20H18F6N2O2. The molecule has 0 heterocycles. The first-order valence-electron chi connectivity index (χ1n) is 9.00. The predicted octanol–water partition coefficient (Wildman–Crippen LogP) is 5.76. The number of hydrogen-bond donors (Lipinski definition) is 2. The number of urea groups is 1. The molecule has 0 saturated heterocycles. The zero-order chi connectivity index (χ0) is 22.1. The number of ether oxygens (including phenoxy) is 1. The quantitative estimate of drug-likeness (QED) is 0.604. The SMILES string of the molecule is Cc1cc(NC(=O)NC2CC(Oc3ccc(C(F)(F)F)cc3)C2)cc(C(F)(F)F)c1. The maximum absolute atomic E-state index is 12.9. The number of carbonyl (C=O) groups is 1. The molecule has 0 atom stereocenters. The van der Waals surface area contributed by atoms with Crippen molar-refractivity contribution in [3.05, 3.63) is 59.2 Å². The molecule has 0 bridgehead atoms. The fourth-order valence-electron chi connectivity index (χ4n) is 3.07. The summed E-state index contributed by atoms with van der Waals surface area (Å²) in [6.07, 6.45) is -8.36. The minimum Gasteiger partial charge on any atom is -0.490 e. The van der Waals surface area contributed by atoms with Crippen LogP contribution in [0.2, 0.25) is 0 Å². The summed E-state index contributed by atoms with van der Waals surface area (Å²) >= 11 is 0. The third-order valence-corrected chi connectivity index (χ3v) is 4.58. The predicted molar refractivity (Wildman–Crippen MR) is 97.2 cm³/mol. The second-order valence-corrected chi connectivity index (χ2v) is 7.11. The van der Waals surface area contributed by atoms with E-state index in [2.05, 4.69) is 10.6 Å². The Morgan fingerprint density at radius 2 is 1.53 bits per heavy atom. The van der Waals surface area contributed by atoms with Gasteiger partial charge in [0, 0.05) is 24.6 Å². The van der Waals surface area contributed by atoms with Crippen LogP contribution in [0.1, 0.15) is 29.5 Å². The summed E-state index contributed by atoms with van der Waals surface area (Å²) in [5.74, 6) is 0.287. The number of nitrogens with one attached hydrogen (secondary N) is 2. The van der Waals surface area contributed by atoms with Crippen LogP contribution in [-0.2, 0) is 12.4 Å². The summed E-state index contributed by atoms with van der Waals surface area (Å²) in [5.41, 5.74) is -1.25. The van der Waals surface area contributed by atoms with Crippen LogP contribution in [0.25, 0.3) is 0 Å². The van der Waals surface area contributed by atoms with Gasteiger partial charge in [-0.05, 0) is 55.0 Å². The van der Waals surface area contributed by atoms with Crippen LogP contribution in [0.4, 0.5) is 36.8 Å². The highest BCUT2D eigenvalue weighted by Crippen LogP contribution is 2.33. The van der Waals surface area contributed by atoms with Crippen molar-refractivity contribution >= 4 is 11.7 Å². The highest BCUT2D eigenvalue weighted by Gasteiger charge is 2.34.